The molecule has 14 nitrogen and oxygen atoms in total. The monoisotopic (exact) mass is 847 g/mol. The fourth-order valence-corrected chi connectivity index (χ4v) is 8.09. The van der Waals surface area contributed by atoms with Gasteiger partial charge in [0.2, 0.25) is 0 Å². The van der Waals surface area contributed by atoms with Crippen LogP contribution in [0.25, 0.3) is 22.2 Å². The number of ether oxygens (including phenoxy) is 2. The average molecular weight is 848 g/mol. The number of nitrogens with zero attached hydrogens (tertiary/aromatic N) is 6. The van der Waals surface area contributed by atoms with E-state index >= 15 is 4.39 Å². The minimum absolute atomic E-state index is 0.0182. The third kappa shape index (κ3) is 10.6. The minimum Gasteiger partial charge on any atom is -0.444 e. The van der Waals surface area contributed by atoms with Crippen molar-refractivity contribution in [1.29, 1.82) is 0 Å². The molecule has 5 heterocycles. The van der Waals surface area contributed by atoms with Gasteiger partial charge in [-0.25, -0.2) is 23.8 Å². The maximum absolute atomic E-state index is 15.3. The Morgan fingerprint density at radius 3 is 2.32 bits per heavy atom. The van der Waals surface area contributed by atoms with Crippen LogP contribution in [-0.4, -0.2) is 98.0 Å². The Kier molecular flexibility index (Phi) is 13.8. The zero-order valence-electron chi connectivity index (χ0n) is 36.6. The Hall–Kier alpha value is -5.93. The van der Waals surface area contributed by atoms with E-state index in [-0.39, 0.29) is 48.5 Å². The number of carbonyl (C=O) groups excluding carboxylic acids is 3. The molecule has 0 spiro atoms. The zero-order valence-corrected chi connectivity index (χ0v) is 36.6. The van der Waals surface area contributed by atoms with E-state index in [1.54, 1.807) is 35.2 Å². The van der Waals surface area contributed by atoms with E-state index in [0.717, 1.165) is 51.9 Å². The van der Waals surface area contributed by atoms with Crippen LogP contribution in [0.15, 0.2) is 66.9 Å². The molecule has 0 unspecified atom stereocenters. The molecule has 2 aromatic carbocycles. The second kappa shape index (κ2) is 19.4. The first-order chi connectivity index (χ1) is 29.8. The zero-order chi connectivity index (χ0) is 44.0. The fraction of sp³-hybridized carbons (Fsp3) is 0.447. The number of amides is 3. The summed E-state index contributed by atoms with van der Waals surface area (Å²) in [6.07, 6.45) is 3.92. The molecule has 0 saturated carbocycles. The van der Waals surface area contributed by atoms with Crippen molar-refractivity contribution in [3.63, 3.8) is 0 Å². The Bertz CT molecular complexity index is 2410. The maximum Gasteiger partial charge on any atom is 0.410 e. The molecule has 2 saturated heterocycles. The largest absolute Gasteiger partial charge is 0.444 e. The van der Waals surface area contributed by atoms with Gasteiger partial charge in [-0.15, -0.1) is 0 Å². The number of aryl methyl sites for hydroxylation is 2. The second-order valence-electron chi connectivity index (χ2n) is 17.0. The number of hydrogen-bond acceptors (Lipinski definition) is 10. The standard InChI is InChI=1S/C47H58FN9O5/c1-7-39-36(42(52-34-17-21-61-22-18-34)37-27-51-57(8-2)43(37)54-39)26-50-45(59)41-14-10-13-40(53-41)44(58)49-25-31-15-16-38(48)35(24-31)33-12-9-11-32(23-33)29-55-19-20-56(30(3)28-55)46(60)62-47(4,5)6/h9-16,23-24,27,30,34H,7-8,17-22,25-26,28-29H2,1-6H3,(H,49,58)(H,50,59)(H,52,54)/t30-/m0/s1. The van der Waals surface area contributed by atoms with Gasteiger partial charge in [0.15, 0.2) is 5.65 Å². The Morgan fingerprint density at radius 2 is 1.63 bits per heavy atom. The number of halogens is 1. The molecule has 328 valence electrons. The van der Waals surface area contributed by atoms with Crippen LogP contribution in [0.4, 0.5) is 14.9 Å². The highest BCUT2D eigenvalue weighted by Gasteiger charge is 2.31. The average Bonchev–Trinajstić information content (AvgIpc) is 3.68. The van der Waals surface area contributed by atoms with Gasteiger partial charge in [0.05, 0.1) is 17.3 Å². The number of piperazine rings is 1. The smallest absolute Gasteiger partial charge is 0.410 e. The lowest BCUT2D eigenvalue weighted by Gasteiger charge is -2.40. The Balaban J connectivity index is 0.982. The van der Waals surface area contributed by atoms with Gasteiger partial charge in [-0.2, -0.15) is 5.10 Å². The molecule has 1 atom stereocenters. The molecule has 7 rings (SSSR count). The van der Waals surface area contributed by atoms with Crippen LogP contribution in [0.2, 0.25) is 0 Å². The lowest BCUT2D eigenvalue weighted by atomic mass is 10.00. The highest BCUT2D eigenvalue weighted by molar-refractivity contribution is 5.97. The lowest BCUT2D eigenvalue weighted by molar-refractivity contribution is 0.000540. The number of aromatic nitrogens is 4. The van der Waals surface area contributed by atoms with Crippen molar-refractivity contribution in [2.24, 2.45) is 0 Å². The minimum atomic E-state index is -0.555. The number of carbonyl (C=O) groups is 3. The summed E-state index contributed by atoms with van der Waals surface area (Å²) in [6, 6.07) is 17.5. The molecular formula is C47H58FN9O5. The molecule has 0 aliphatic carbocycles. The summed E-state index contributed by atoms with van der Waals surface area (Å²) in [5.41, 5.74) is 5.96. The van der Waals surface area contributed by atoms with Crippen LogP contribution in [0.5, 0.6) is 0 Å². The van der Waals surface area contributed by atoms with Gasteiger partial charge in [0.1, 0.15) is 22.8 Å². The summed E-state index contributed by atoms with van der Waals surface area (Å²) >= 11 is 0. The first-order valence-electron chi connectivity index (χ1n) is 21.6. The van der Waals surface area contributed by atoms with Gasteiger partial charge in [-0.3, -0.25) is 14.5 Å². The predicted octanol–water partition coefficient (Wildman–Crippen LogP) is 7.11. The third-order valence-electron chi connectivity index (χ3n) is 11.3. The van der Waals surface area contributed by atoms with Gasteiger partial charge in [0.25, 0.3) is 11.8 Å². The fourth-order valence-electron chi connectivity index (χ4n) is 8.09. The van der Waals surface area contributed by atoms with Crippen molar-refractivity contribution in [2.45, 2.75) is 105 Å². The third-order valence-corrected chi connectivity index (χ3v) is 11.3. The van der Waals surface area contributed by atoms with E-state index in [1.165, 1.54) is 6.07 Å². The van der Waals surface area contributed by atoms with Crippen molar-refractivity contribution in [3.8, 4) is 11.1 Å². The van der Waals surface area contributed by atoms with Crippen LogP contribution in [-0.2, 0) is 42.1 Å². The lowest BCUT2D eigenvalue weighted by Crippen LogP contribution is -2.54. The Labute approximate surface area is 362 Å². The molecule has 3 amide bonds. The van der Waals surface area contributed by atoms with Crippen LogP contribution < -0.4 is 16.0 Å². The molecule has 2 fully saturated rings. The maximum atomic E-state index is 15.3. The van der Waals surface area contributed by atoms with Crippen molar-refractivity contribution in [2.75, 3.05) is 38.2 Å². The van der Waals surface area contributed by atoms with Crippen LogP contribution >= 0.6 is 0 Å². The summed E-state index contributed by atoms with van der Waals surface area (Å²) in [5.74, 6) is -1.26. The van der Waals surface area contributed by atoms with Crippen LogP contribution in [0.1, 0.15) is 97.7 Å². The van der Waals surface area contributed by atoms with E-state index in [9.17, 15) is 14.4 Å². The van der Waals surface area contributed by atoms with Crippen LogP contribution in [0, 0.1) is 5.82 Å². The van der Waals surface area contributed by atoms with Gasteiger partial charge in [-0.1, -0.05) is 37.3 Å². The number of anilines is 1. The van der Waals surface area contributed by atoms with Crippen molar-refractivity contribution >= 4 is 34.6 Å². The second-order valence-corrected chi connectivity index (χ2v) is 17.0. The molecule has 0 bridgehead atoms. The summed E-state index contributed by atoms with van der Waals surface area (Å²) in [4.78, 5) is 53.1. The molecule has 0 radical (unpaired) electrons. The van der Waals surface area contributed by atoms with E-state index in [2.05, 4.69) is 30.9 Å². The Morgan fingerprint density at radius 1 is 0.903 bits per heavy atom. The van der Waals surface area contributed by atoms with Crippen molar-refractivity contribution in [3.05, 3.63) is 106 Å². The van der Waals surface area contributed by atoms with Gasteiger partial charge in [-0.05, 0) is 101 Å². The molecule has 2 aliphatic heterocycles. The van der Waals surface area contributed by atoms with Crippen LogP contribution in [0.3, 0.4) is 0 Å². The van der Waals surface area contributed by atoms with Gasteiger partial charge >= 0.3 is 6.09 Å². The number of pyridine rings is 2. The molecule has 2 aliphatic rings. The summed E-state index contributed by atoms with van der Waals surface area (Å²) in [7, 11) is 0. The molecule has 3 N–H and O–H groups in total. The number of hydrogen-bond donors (Lipinski definition) is 3. The molecule has 62 heavy (non-hydrogen) atoms. The van der Waals surface area contributed by atoms with Crippen molar-refractivity contribution in [1.82, 2.24) is 40.2 Å². The van der Waals surface area contributed by atoms with Gasteiger partial charge in [0, 0.05) is 87.9 Å². The topological polar surface area (TPSA) is 156 Å². The highest BCUT2D eigenvalue weighted by atomic mass is 19.1. The van der Waals surface area contributed by atoms with Crippen molar-refractivity contribution < 1.29 is 28.2 Å². The summed E-state index contributed by atoms with van der Waals surface area (Å²) in [6.45, 7) is 16.6. The quantitative estimate of drug-likeness (QED) is 0.112. The van der Waals surface area contributed by atoms with E-state index < -0.39 is 17.4 Å². The first kappa shape index (κ1) is 44.1. The molecule has 15 heteroatoms. The first-order valence-corrected chi connectivity index (χ1v) is 21.6. The predicted molar refractivity (Wildman–Crippen MR) is 236 cm³/mol. The molecule has 3 aromatic heterocycles. The van der Waals surface area contributed by atoms with E-state index in [4.69, 9.17) is 14.5 Å². The molecule has 5 aromatic rings. The number of nitrogens with one attached hydrogen (secondary N) is 3. The molecular weight excluding hydrogens is 790 g/mol. The number of rotatable bonds is 13. The summed E-state index contributed by atoms with van der Waals surface area (Å²) in [5, 5.41) is 15.1. The number of benzene rings is 2. The van der Waals surface area contributed by atoms with Gasteiger partial charge < -0.3 is 30.3 Å². The SMILES string of the molecule is CCc1nc2c(cnn2CC)c(NC2CCOCC2)c1CNC(=O)c1cccc(C(=O)NCc2ccc(F)c(-c3cccc(CN4CCN(C(=O)OC(C)(C)C)[C@@H](C)C4)c3)c2)n1. The summed E-state index contributed by atoms with van der Waals surface area (Å²) < 4.78 is 28.4. The van der Waals surface area contributed by atoms with E-state index in [0.29, 0.717) is 63.5 Å². The highest BCUT2D eigenvalue weighted by Crippen LogP contribution is 2.32. The van der Waals surface area contributed by atoms with E-state index in [1.807, 2.05) is 76.7 Å². The normalized spacial score (nSPS) is 16.3. The number of fused-ring (bicyclic) bond motifs is 1.